The third-order valence-electron chi connectivity index (χ3n) is 6.54. The van der Waals surface area contributed by atoms with Crippen LogP contribution in [-0.4, -0.2) is 69.5 Å². The van der Waals surface area contributed by atoms with Crippen LogP contribution in [0.1, 0.15) is 6.23 Å². The van der Waals surface area contributed by atoms with E-state index in [0.29, 0.717) is 11.5 Å². The van der Waals surface area contributed by atoms with Crippen molar-refractivity contribution in [2.24, 2.45) is 0 Å². The number of aromatic nitrogens is 4. The van der Waals surface area contributed by atoms with E-state index >= 15 is 8.78 Å². The van der Waals surface area contributed by atoms with E-state index in [9.17, 15) is 13.9 Å². The van der Waals surface area contributed by atoms with Gasteiger partial charge in [0.05, 0.1) is 27.2 Å². The highest BCUT2D eigenvalue weighted by atomic mass is 32.5. The zero-order valence-corrected chi connectivity index (χ0v) is 24.1. The van der Waals surface area contributed by atoms with Gasteiger partial charge in [0.15, 0.2) is 23.8 Å². The number of halogens is 4. The van der Waals surface area contributed by atoms with Crippen LogP contribution in [0.15, 0.2) is 61.2 Å². The second-order valence-electron chi connectivity index (χ2n) is 9.10. The van der Waals surface area contributed by atoms with Crippen LogP contribution in [-0.2, 0) is 21.1 Å². The molecule has 1 aliphatic heterocycles. The third kappa shape index (κ3) is 5.65. The van der Waals surface area contributed by atoms with Crippen molar-refractivity contribution >= 4 is 35.5 Å². The molecule has 3 heterocycles. The maximum absolute atomic E-state index is 15.7. The number of rotatable bonds is 11. The molecule has 43 heavy (non-hydrogen) atoms. The fourth-order valence-corrected chi connectivity index (χ4v) is 6.15. The van der Waals surface area contributed by atoms with E-state index < -0.39 is 43.6 Å². The van der Waals surface area contributed by atoms with Gasteiger partial charge in [-0.3, -0.25) is 9.09 Å². The number of nitrogens with zero attached hydrogens (tertiary/aromatic N) is 4. The second kappa shape index (κ2) is 11.7. The molecular formula is C25H24F4N5O7PS. The number of ether oxygens (including phenoxy) is 3. The number of fused-ring (bicyclic) bond motifs is 1. The minimum Gasteiger partial charge on any atom is -0.497 e. The van der Waals surface area contributed by atoms with Crippen molar-refractivity contribution in [3.05, 3.63) is 61.2 Å². The van der Waals surface area contributed by atoms with Crippen LogP contribution in [0.4, 0.5) is 23.4 Å². The minimum atomic E-state index is -4.58. The summed E-state index contributed by atoms with van der Waals surface area (Å²) in [6.07, 6.45) is -6.77. The van der Waals surface area contributed by atoms with E-state index in [0.717, 1.165) is 17.2 Å². The Bertz CT molecular complexity index is 1580. The molecule has 230 valence electrons. The molecule has 0 unspecified atom stereocenters. The van der Waals surface area contributed by atoms with Crippen LogP contribution >= 0.6 is 6.72 Å². The molecule has 1 saturated heterocycles. The number of aliphatic hydroxyl groups is 1. The molecule has 0 aliphatic carbocycles. The zero-order valence-electron chi connectivity index (χ0n) is 22.3. The van der Waals surface area contributed by atoms with E-state index in [1.165, 1.54) is 62.8 Å². The van der Waals surface area contributed by atoms with Gasteiger partial charge in [-0.1, -0.05) is 0 Å². The molecule has 0 radical (unpaired) electrons. The molecule has 0 saturated carbocycles. The average molecular weight is 646 g/mol. The number of methoxy groups -OCH3 is 2. The Hall–Kier alpha value is -3.76. The molecule has 1 aliphatic rings. The Kier molecular flexibility index (Phi) is 8.37. The number of hydrogen-bond acceptors (Lipinski definition) is 12. The second-order valence-corrected chi connectivity index (χ2v) is 12.0. The standard InChI is InChI=1S/C25H24F4N5O7PS/c1-36-14-3-7-16(8-4-14)40-42(43,41-17-9-5-15(37-2)6-10-17)38-11-24(23(26)27)25(28,29)19(35)22(39-24)34-13-33-18-20(30)31-12-32-21(18)34/h3-10,12-13,19,22-23,35H,11H2,1-2H3,(H2,30,31,32)/t19-,22+,24-/m0/s1. The van der Waals surface area contributed by atoms with Gasteiger partial charge in [-0.05, 0) is 48.5 Å². The van der Waals surface area contributed by atoms with Crippen LogP contribution in [0.2, 0.25) is 0 Å². The molecule has 3 atom stereocenters. The summed E-state index contributed by atoms with van der Waals surface area (Å²) in [6, 6.07) is 11.8. The Balaban J connectivity index is 1.48. The normalized spacial score (nSPS) is 21.7. The summed E-state index contributed by atoms with van der Waals surface area (Å²) in [5.41, 5.74) is 1.90. The summed E-state index contributed by atoms with van der Waals surface area (Å²) in [4.78, 5) is 11.6. The maximum Gasteiger partial charge on any atom is 0.435 e. The number of nitrogen functional groups attached to an aromatic ring is 1. The van der Waals surface area contributed by atoms with Gasteiger partial charge in [-0.25, -0.2) is 23.7 Å². The lowest BCUT2D eigenvalue weighted by Gasteiger charge is -2.34. The number of anilines is 1. The molecule has 5 rings (SSSR count). The van der Waals surface area contributed by atoms with E-state index in [1.807, 2.05) is 0 Å². The highest BCUT2D eigenvalue weighted by molar-refractivity contribution is 8.07. The number of nitrogens with two attached hydrogens (primary N) is 1. The molecule has 18 heteroatoms. The Morgan fingerprint density at radius 3 is 2.02 bits per heavy atom. The first-order chi connectivity index (χ1) is 20.4. The van der Waals surface area contributed by atoms with Gasteiger partial charge in [0.2, 0.25) is 5.60 Å². The monoisotopic (exact) mass is 645 g/mol. The average Bonchev–Trinajstić information content (AvgIpc) is 3.50. The SMILES string of the molecule is COc1ccc(OP(=S)(OC[C@@]2(C(F)F)O[C@@H](n3cnc4c(N)ncnc43)[C@H](O)C2(F)F)Oc2ccc(OC)cc2)cc1. The number of hydrogen-bond donors (Lipinski definition) is 2. The predicted octanol–water partition coefficient (Wildman–Crippen LogP) is 4.35. The van der Waals surface area contributed by atoms with Gasteiger partial charge in [-0.15, -0.1) is 0 Å². The highest BCUT2D eigenvalue weighted by Gasteiger charge is 2.74. The van der Waals surface area contributed by atoms with Crippen molar-refractivity contribution < 1.29 is 50.5 Å². The van der Waals surface area contributed by atoms with Crippen molar-refractivity contribution in [1.82, 2.24) is 19.5 Å². The molecule has 0 amide bonds. The molecule has 2 aromatic carbocycles. The van der Waals surface area contributed by atoms with E-state index in [4.69, 9.17) is 45.3 Å². The van der Waals surface area contributed by atoms with Crippen LogP contribution in [0, 0.1) is 0 Å². The number of imidazole rings is 1. The third-order valence-corrected chi connectivity index (χ3v) is 8.62. The fraction of sp³-hybridized carbons (Fsp3) is 0.320. The molecule has 1 fully saturated rings. The van der Waals surface area contributed by atoms with Crippen molar-refractivity contribution in [2.75, 3.05) is 26.6 Å². The Labute approximate surface area is 246 Å². The maximum atomic E-state index is 15.7. The molecule has 0 bridgehead atoms. The first-order valence-electron chi connectivity index (χ1n) is 12.3. The number of aliphatic hydroxyl groups excluding tert-OH is 1. The summed E-state index contributed by atoms with van der Waals surface area (Å²) >= 11 is 5.48. The lowest BCUT2D eigenvalue weighted by molar-refractivity contribution is -0.241. The molecule has 12 nitrogen and oxygen atoms in total. The van der Waals surface area contributed by atoms with Crippen molar-refractivity contribution in [1.29, 1.82) is 0 Å². The largest absolute Gasteiger partial charge is 0.497 e. The van der Waals surface area contributed by atoms with Gasteiger partial charge >= 0.3 is 12.6 Å². The van der Waals surface area contributed by atoms with Gasteiger partial charge in [0.1, 0.15) is 34.8 Å². The molecule has 3 N–H and O–H groups in total. The Morgan fingerprint density at radius 2 is 1.51 bits per heavy atom. The summed E-state index contributed by atoms with van der Waals surface area (Å²) in [6.45, 7) is -5.72. The fourth-order valence-electron chi connectivity index (χ4n) is 4.22. The highest BCUT2D eigenvalue weighted by Crippen LogP contribution is 2.56. The lowest BCUT2D eigenvalue weighted by Crippen LogP contribution is -2.57. The van der Waals surface area contributed by atoms with Crippen LogP contribution in [0.25, 0.3) is 11.2 Å². The van der Waals surface area contributed by atoms with E-state index in [2.05, 4.69) is 15.0 Å². The number of benzene rings is 2. The predicted molar refractivity (Wildman–Crippen MR) is 147 cm³/mol. The zero-order chi connectivity index (χ0) is 31.0. The lowest BCUT2D eigenvalue weighted by atomic mass is 9.95. The van der Waals surface area contributed by atoms with Gasteiger partial charge in [0.25, 0.3) is 6.43 Å². The van der Waals surface area contributed by atoms with Crippen molar-refractivity contribution in [2.45, 2.75) is 30.3 Å². The summed E-state index contributed by atoms with van der Waals surface area (Å²) in [7, 11) is 2.88. The van der Waals surface area contributed by atoms with Crippen LogP contribution in [0.5, 0.6) is 23.0 Å². The molecule has 0 spiro atoms. The van der Waals surface area contributed by atoms with Gasteiger partial charge in [0, 0.05) is 11.8 Å². The van der Waals surface area contributed by atoms with Crippen molar-refractivity contribution in [3.8, 4) is 23.0 Å². The van der Waals surface area contributed by atoms with Crippen LogP contribution < -0.4 is 24.3 Å². The van der Waals surface area contributed by atoms with E-state index in [1.54, 1.807) is 0 Å². The quantitative estimate of drug-likeness (QED) is 0.177. The topological polar surface area (TPSA) is 145 Å². The minimum absolute atomic E-state index is 0.0105. The van der Waals surface area contributed by atoms with Crippen molar-refractivity contribution in [3.63, 3.8) is 0 Å². The van der Waals surface area contributed by atoms with Gasteiger partial charge in [-0.2, -0.15) is 8.78 Å². The summed E-state index contributed by atoms with van der Waals surface area (Å²) in [5, 5.41) is 10.6. The van der Waals surface area contributed by atoms with E-state index in [-0.39, 0.29) is 28.5 Å². The van der Waals surface area contributed by atoms with Gasteiger partial charge < -0.3 is 34.1 Å². The molecule has 2 aromatic heterocycles. The Morgan fingerprint density at radius 1 is 0.977 bits per heavy atom. The first kappa shape index (κ1) is 30.7. The molecular weight excluding hydrogens is 621 g/mol. The van der Waals surface area contributed by atoms with Crippen LogP contribution in [0.3, 0.4) is 0 Å². The summed E-state index contributed by atoms with van der Waals surface area (Å²) < 4.78 is 94.0. The number of alkyl halides is 4. The summed E-state index contributed by atoms with van der Waals surface area (Å²) in [5.74, 6) is -3.61. The smallest absolute Gasteiger partial charge is 0.435 e. The molecule has 4 aromatic rings. The first-order valence-corrected chi connectivity index (χ1v) is 14.9.